The van der Waals surface area contributed by atoms with Crippen LogP contribution in [0.5, 0.6) is 0 Å². The molecule has 0 aromatic heterocycles. The summed E-state index contributed by atoms with van der Waals surface area (Å²) in [5, 5.41) is 2.07. The number of methoxy groups -OCH3 is 1. The molecule has 268 valence electrons. The summed E-state index contributed by atoms with van der Waals surface area (Å²) in [6.07, 6.45) is 7.01. The lowest BCUT2D eigenvalue weighted by Crippen LogP contribution is -2.67. The lowest BCUT2D eigenvalue weighted by Gasteiger charge is -2.51. The second kappa shape index (κ2) is 15.1. The van der Waals surface area contributed by atoms with E-state index in [4.69, 9.17) is 9.16 Å². The normalized spacial score (nSPS) is 23.3. The van der Waals surface area contributed by atoms with E-state index in [9.17, 15) is 9.59 Å². The average molecular weight is 705 g/mol. The topological polar surface area (TPSA) is 76.2 Å². The van der Waals surface area contributed by atoms with Crippen LogP contribution in [-0.2, 0) is 30.1 Å². The lowest BCUT2D eigenvalue weighted by molar-refractivity contribution is -0.156. The van der Waals surface area contributed by atoms with Crippen LogP contribution in [0.1, 0.15) is 64.9 Å². The molecule has 2 aliphatic heterocycles. The monoisotopic (exact) mass is 704 g/mol. The number of nitrogens with zero attached hydrogens (tertiary/aromatic N) is 2. The Labute approximate surface area is 304 Å². The SMILES string of the molecule is C=CCCCC(=O)N1[C@@H](CO[Si](c2ccccc2)(c2ccccc2)C(C)(C)C)C[C@]23C(=O)N(Cc4ccccc4)CC[C@H]2C(C(=O)OC)=CC[C@H]13. The molecule has 4 atom stereocenters. The van der Waals surface area contributed by atoms with Crippen molar-refractivity contribution in [1.29, 1.82) is 0 Å². The van der Waals surface area contributed by atoms with Crippen molar-refractivity contribution >= 4 is 36.5 Å². The number of piperidine rings is 1. The number of benzene rings is 3. The van der Waals surface area contributed by atoms with Gasteiger partial charge in [0.15, 0.2) is 0 Å². The van der Waals surface area contributed by atoms with Crippen LogP contribution < -0.4 is 10.4 Å². The highest BCUT2D eigenvalue weighted by Crippen LogP contribution is 2.57. The maximum Gasteiger partial charge on any atom is 0.333 e. The number of esters is 1. The van der Waals surface area contributed by atoms with Crippen LogP contribution in [0.3, 0.4) is 0 Å². The zero-order valence-corrected chi connectivity index (χ0v) is 31.6. The van der Waals surface area contributed by atoms with Gasteiger partial charge in [-0.2, -0.15) is 0 Å². The molecule has 0 unspecified atom stereocenters. The zero-order chi connectivity index (χ0) is 36.2. The molecule has 51 heavy (non-hydrogen) atoms. The Morgan fingerprint density at radius 1 is 0.961 bits per heavy atom. The van der Waals surface area contributed by atoms with Crippen LogP contribution >= 0.6 is 0 Å². The Kier molecular flexibility index (Phi) is 10.8. The molecule has 3 aromatic carbocycles. The number of allylic oxidation sites excluding steroid dienone is 1. The first kappa shape index (κ1) is 36.5. The van der Waals surface area contributed by atoms with Crippen molar-refractivity contribution in [2.75, 3.05) is 20.3 Å². The molecular weight excluding hydrogens is 653 g/mol. The van der Waals surface area contributed by atoms with Crippen LogP contribution in [0.4, 0.5) is 0 Å². The summed E-state index contributed by atoms with van der Waals surface area (Å²) < 4.78 is 12.8. The van der Waals surface area contributed by atoms with Crippen LogP contribution in [0, 0.1) is 11.3 Å². The Morgan fingerprint density at radius 2 is 1.57 bits per heavy atom. The fraction of sp³-hybridized carbons (Fsp3) is 0.419. The van der Waals surface area contributed by atoms with Gasteiger partial charge in [-0.3, -0.25) is 9.59 Å². The average Bonchev–Trinajstić information content (AvgIpc) is 3.48. The van der Waals surface area contributed by atoms with Gasteiger partial charge in [0.2, 0.25) is 11.8 Å². The Balaban J connectivity index is 1.45. The fourth-order valence-corrected chi connectivity index (χ4v) is 13.9. The van der Waals surface area contributed by atoms with E-state index in [1.807, 2.05) is 64.4 Å². The predicted octanol–water partition coefficient (Wildman–Crippen LogP) is 6.43. The summed E-state index contributed by atoms with van der Waals surface area (Å²) in [5.74, 6) is -0.710. The predicted molar refractivity (Wildman–Crippen MR) is 204 cm³/mol. The molecule has 3 aliphatic rings. The molecule has 1 aliphatic carbocycles. The Hall–Kier alpha value is -4.27. The van der Waals surface area contributed by atoms with Gasteiger partial charge < -0.3 is 19.0 Å². The van der Waals surface area contributed by atoms with Gasteiger partial charge >= 0.3 is 5.97 Å². The van der Waals surface area contributed by atoms with Crippen LogP contribution in [-0.4, -0.2) is 68.2 Å². The van der Waals surface area contributed by atoms with Crippen molar-refractivity contribution in [2.45, 2.75) is 83.0 Å². The highest BCUT2D eigenvalue weighted by atomic mass is 28.4. The molecule has 7 nitrogen and oxygen atoms in total. The summed E-state index contributed by atoms with van der Waals surface area (Å²) in [7, 11) is -1.56. The molecule has 6 rings (SSSR count). The van der Waals surface area contributed by atoms with E-state index in [1.54, 1.807) is 0 Å². The number of hydrogen-bond acceptors (Lipinski definition) is 5. The van der Waals surface area contributed by atoms with E-state index >= 15 is 4.79 Å². The first-order valence-electron chi connectivity index (χ1n) is 18.4. The van der Waals surface area contributed by atoms with Crippen molar-refractivity contribution in [3.8, 4) is 0 Å². The summed E-state index contributed by atoms with van der Waals surface area (Å²) in [5.41, 5.74) is 0.645. The van der Waals surface area contributed by atoms with E-state index in [0.717, 1.165) is 22.4 Å². The molecule has 0 bridgehead atoms. The number of carbonyl (C=O) groups excluding carboxylic acids is 3. The van der Waals surface area contributed by atoms with E-state index in [0.29, 0.717) is 50.8 Å². The first-order chi connectivity index (χ1) is 24.6. The number of carbonyl (C=O) groups is 3. The van der Waals surface area contributed by atoms with Crippen LogP contribution in [0.25, 0.3) is 0 Å². The van der Waals surface area contributed by atoms with Crippen molar-refractivity contribution in [3.05, 3.63) is 121 Å². The second-order valence-corrected chi connectivity index (χ2v) is 19.6. The largest absolute Gasteiger partial charge is 0.466 e. The number of amides is 2. The number of likely N-dealkylation sites (tertiary alicyclic amines) is 2. The van der Waals surface area contributed by atoms with Gasteiger partial charge in [-0.05, 0) is 53.1 Å². The number of hydrogen-bond donors (Lipinski definition) is 0. The number of unbranched alkanes of at least 4 members (excludes halogenated alkanes) is 1. The van der Waals surface area contributed by atoms with E-state index in [-0.39, 0.29) is 35.4 Å². The number of ether oxygens (including phenoxy) is 1. The Morgan fingerprint density at radius 3 is 2.14 bits per heavy atom. The highest BCUT2D eigenvalue weighted by Gasteiger charge is 2.66. The molecule has 2 fully saturated rings. The van der Waals surface area contributed by atoms with Crippen molar-refractivity contribution in [2.24, 2.45) is 11.3 Å². The van der Waals surface area contributed by atoms with Crippen LogP contribution in [0.2, 0.25) is 5.04 Å². The smallest absolute Gasteiger partial charge is 0.333 e. The minimum atomic E-state index is -2.96. The summed E-state index contributed by atoms with van der Waals surface area (Å²) in [6, 6.07) is 30.3. The Bertz CT molecular complexity index is 1700. The molecule has 1 spiro atoms. The summed E-state index contributed by atoms with van der Waals surface area (Å²) >= 11 is 0. The fourth-order valence-electron chi connectivity index (χ4n) is 9.28. The molecule has 2 saturated heterocycles. The van der Waals surface area contributed by atoms with Gasteiger partial charge in [0.25, 0.3) is 8.32 Å². The molecule has 8 heteroatoms. The van der Waals surface area contributed by atoms with Gasteiger partial charge in [-0.25, -0.2) is 4.79 Å². The van der Waals surface area contributed by atoms with Crippen LogP contribution in [0.15, 0.2) is 115 Å². The summed E-state index contributed by atoms with van der Waals surface area (Å²) in [4.78, 5) is 46.9. The van der Waals surface area contributed by atoms with Gasteiger partial charge in [-0.15, -0.1) is 6.58 Å². The zero-order valence-electron chi connectivity index (χ0n) is 30.6. The lowest BCUT2D eigenvalue weighted by atomic mass is 9.59. The van der Waals surface area contributed by atoms with E-state index in [2.05, 4.69) is 75.9 Å². The van der Waals surface area contributed by atoms with Gasteiger partial charge in [-0.1, -0.05) is 124 Å². The van der Waals surface area contributed by atoms with Gasteiger partial charge in [0.1, 0.15) is 0 Å². The van der Waals surface area contributed by atoms with Crippen molar-refractivity contribution in [1.82, 2.24) is 9.80 Å². The molecule has 3 aromatic rings. The van der Waals surface area contributed by atoms with E-state index < -0.39 is 25.7 Å². The minimum absolute atomic E-state index is 0.0129. The van der Waals surface area contributed by atoms with E-state index in [1.165, 1.54) is 7.11 Å². The third-order valence-corrected chi connectivity index (χ3v) is 16.5. The molecule has 0 radical (unpaired) electrons. The van der Waals surface area contributed by atoms with Crippen molar-refractivity contribution < 1.29 is 23.5 Å². The highest BCUT2D eigenvalue weighted by molar-refractivity contribution is 6.99. The minimum Gasteiger partial charge on any atom is -0.466 e. The maximum atomic E-state index is 15.2. The third-order valence-electron chi connectivity index (χ3n) is 11.5. The third kappa shape index (κ3) is 6.64. The van der Waals surface area contributed by atoms with Crippen molar-refractivity contribution in [3.63, 3.8) is 0 Å². The molecule has 2 heterocycles. The standard InChI is InChI=1S/C43H52N2O5Si/c1-6-7-11-24-39(46)45-33(31-50-51(42(2,3)4,34-20-14-9-15-21-34)35-22-16-10-17-23-35)29-43-37(36(40(47)49-5)25-26-38(43)45)27-28-44(41(43)48)30-32-18-12-8-13-19-32/h6,8-10,12-23,25,33,37-38H,1,7,11,24,26-31H2,2-5H3/t33-,37+,38+,43+/m1/s1. The second-order valence-electron chi connectivity index (χ2n) is 15.3. The molecule has 0 saturated carbocycles. The molecule has 0 N–H and O–H groups in total. The molecular formula is C43H52N2O5Si. The maximum absolute atomic E-state index is 15.2. The van der Waals surface area contributed by atoms with Gasteiger partial charge in [0.05, 0.1) is 31.2 Å². The first-order valence-corrected chi connectivity index (χ1v) is 20.3. The quantitative estimate of drug-likeness (QED) is 0.0941. The number of rotatable bonds is 12. The summed E-state index contributed by atoms with van der Waals surface area (Å²) in [6.45, 7) is 11.9. The van der Waals surface area contributed by atoms with Gasteiger partial charge in [0, 0.05) is 31.0 Å². The molecule has 2 amide bonds.